The Morgan fingerprint density at radius 2 is 2.06 bits per heavy atom. The van der Waals surface area contributed by atoms with Crippen LogP contribution in [0.3, 0.4) is 0 Å². The zero-order chi connectivity index (χ0) is 11.3. The van der Waals surface area contributed by atoms with Crippen LogP contribution in [0.2, 0.25) is 0 Å². The number of ether oxygens (including phenoxy) is 5. The third kappa shape index (κ3) is 1.09. The first-order valence-corrected chi connectivity index (χ1v) is 4.66. The minimum absolute atomic E-state index is 0.483. The Kier molecular flexibility index (Phi) is 1.78. The standard InChI is InChI=1S/C9H8O7/c1-12-9-3-2-4(16-9)5-6(9)14-8(11)15-7(10)13-5/h2-6H,1H3. The van der Waals surface area contributed by atoms with E-state index in [0.717, 1.165) is 0 Å². The largest absolute Gasteiger partial charge is 0.519 e. The molecule has 2 fully saturated rings. The third-order valence-electron chi connectivity index (χ3n) is 2.80. The first kappa shape index (κ1) is 9.61. The number of hydrogen-bond donors (Lipinski definition) is 0. The quantitative estimate of drug-likeness (QED) is 0.363. The molecule has 0 aromatic rings. The van der Waals surface area contributed by atoms with Gasteiger partial charge in [0, 0.05) is 7.11 Å². The van der Waals surface area contributed by atoms with E-state index < -0.39 is 36.4 Å². The molecule has 16 heavy (non-hydrogen) atoms. The van der Waals surface area contributed by atoms with Crippen LogP contribution in [0, 0.1) is 0 Å². The zero-order valence-electron chi connectivity index (χ0n) is 8.24. The van der Waals surface area contributed by atoms with Crippen LogP contribution in [0.15, 0.2) is 12.2 Å². The van der Waals surface area contributed by atoms with Gasteiger partial charge in [0.2, 0.25) is 11.9 Å². The van der Waals surface area contributed by atoms with E-state index in [-0.39, 0.29) is 0 Å². The molecule has 86 valence electrons. The topological polar surface area (TPSA) is 80.3 Å². The van der Waals surface area contributed by atoms with Crippen molar-refractivity contribution in [1.29, 1.82) is 0 Å². The van der Waals surface area contributed by atoms with Crippen molar-refractivity contribution in [2.75, 3.05) is 7.11 Å². The maximum atomic E-state index is 11.1. The molecule has 3 aliphatic rings. The summed E-state index contributed by atoms with van der Waals surface area (Å²) in [6, 6.07) is 0. The third-order valence-corrected chi connectivity index (χ3v) is 2.80. The van der Waals surface area contributed by atoms with Gasteiger partial charge in [-0.2, -0.15) is 0 Å². The van der Waals surface area contributed by atoms with E-state index in [1.165, 1.54) is 7.11 Å². The van der Waals surface area contributed by atoms with Crippen molar-refractivity contribution in [1.82, 2.24) is 0 Å². The molecule has 0 aromatic carbocycles. The van der Waals surface area contributed by atoms with Gasteiger partial charge in [-0.3, -0.25) is 0 Å². The second-order valence-corrected chi connectivity index (χ2v) is 3.59. The van der Waals surface area contributed by atoms with Crippen molar-refractivity contribution < 1.29 is 33.3 Å². The number of fused-ring (bicyclic) bond motifs is 5. The average molecular weight is 228 g/mol. The number of cyclic esters (lactones) is 2. The van der Waals surface area contributed by atoms with E-state index in [9.17, 15) is 9.59 Å². The molecule has 3 rings (SSSR count). The fourth-order valence-electron chi connectivity index (χ4n) is 2.10. The molecule has 2 bridgehead atoms. The van der Waals surface area contributed by atoms with E-state index in [4.69, 9.17) is 18.9 Å². The molecule has 4 unspecified atom stereocenters. The highest BCUT2D eigenvalue weighted by Crippen LogP contribution is 2.43. The molecule has 7 heteroatoms. The summed E-state index contributed by atoms with van der Waals surface area (Å²) in [5.41, 5.74) is 0. The number of hydrogen-bond acceptors (Lipinski definition) is 7. The van der Waals surface area contributed by atoms with Crippen LogP contribution in [0.4, 0.5) is 9.59 Å². The van der Waals surface area contributed by atoms with Gasteiger partial charge >= 0.3 is 12.3 Å². The monoisotopic (exact) mass is 228 g/mol. The molecule has 0 saturated carbocycles. The molecular formula is C9H8O7. The van der Waals surface area contributed by atoms with E-state index in [0.29, 0.717) is 0 Å². The zero-order valence-corrected chi connectivity index (χ0v) is 8.24. The normalized spacial score (nSPS) is 44.4. The second-order valence-electron chi connectivity index (χ2n) is 3.59. The van der Waals surface area contributed by atoms with Crippen LogP contribution in [0.25, 0.3) is 0 Å². The van der Waals surface area contributed by atoms with Gasteiger partial charge in [-0.1, -0.05) is 6.08 Å². The number of rotatable bonds is 1. The Hall–Kier alpha value is -1.60. The lowest BCUT2D eigenvalue weighted by Gasteiger charge is -2.28. The minimum atomic E-state index is -1.18. The molecule has 0 aliphatic carbocycles. The van der Waals surface area contributed by atoms with E-state index in [1.54, 1.807) is 12.2 Å². The number of carbonyl (C=O) groups excluding carboxylic acids is 2. The summed E-state index contributed by atoms with van der Waals surface area (Å²) in [5.74, 6) is -1.18. The highest BCUT2D eigenvalue weighted by molar-refractivity contribution is 5.78. The molecule has 0 amide bonds. The van der Waals surface area contributed by atoms with Crippen LogP contribution in [0.1, 0.15) is 0 Å². The van der Waals surface area contributed by atoms with Gasteiger partial charge in [-0.05, 0) is 6.08 Å². The Morgan fingerprint density at radius 3 is 2.81 bits per heavy atom. The van der Waals surface area contributed by atoms with Gasteiger partial charge in [0.05, 0.1) is 0 Å². The molecule has 0 N–H and O–H groups in total. The summed E-state index contributed by atoms with van der Waals surface area (Å²) in [7, 11) is 1.41. The molecule has 7 nitrogen and oxygen atoms in total. The van der Waals surface area contributed by atoms with Crippen LogP contribution >= 0.6 is 0 Å². The van der Waals surface area contributed by atoms with Crippen LogP contribution in [-0.2, 0) is 23.7 Å². The van der Waals surface area contributed by atoms with Crippen LogP contribution in [0.5, 0.6) is 0 Å². The van der Waals surface area contributed by atoms with Crippen LogP contribution in [-0.4, -0.2) is 43.5 Å². The Morgan fingerprint density at radius 1 is 1.31 bits per heavy atom. The van der Waals surface area contributed by atoms with E-state index >= 15 is 0 Å². The lowest BCUT2D eigenvalue weighted by Crippen LogP contribution is -2.47. The smallest absolute Gasteiger partial charge is 0.423 e. The molecule has 0 aromatic heterocycles. The summed E-state index contributed by atoms with van der Waals surface area (Å²) in [6.07, 6.45) is -0.937. The van der Waals surface area contributed by atoms with Crippen molar-refractivity contribution >= 4 is 12.3 Å². The van der Waals surface area contributed by atoms with Gasteiger partial charge < -0.3 is 23.7 Å². The predicted molar refractivity (Wildman–Crippen MR) is 45.4 cm³/mol. The first-order valence-electron chi connectivity index (χ1n) is 4.66. The van der Waals surface area contributed by atoms with Crippen molar-refractivity contribution in [3.05, 3.63) is 12.2 Å². The number of methoxy groups -OCH3 is 1. The molecule has 4 atom stereocenters. The highest BCUT2D eigenvalue weighted by atomic mass is 16.9. The average Bonchev–Trinajstić information content (AvgIpc) is 2.73. The Balaban J connectivity index is 1.97. The Labute approximate surface area is 89.8 Å². The maximum Gasteiger partial charge on any atom is 0.519 e. The Bertz CT molecular complexity index is 389. The predicted octanol–water partition coefficient (Wildman–Crippen LogP) is 0.338. The van der Waals surface area contributed by atoms with Crippen molar-refractivity contribution in [2.24, 2.45) is 0 Å². The van der Waals surface area contributed by atoms with Crippen molar-refractivity contribution in [2.45, 2.75) is 24.1 Å². The first-order chi connectivity index (χ1) is 7.64. The summed E-state index contributed by atoms with van der Waals surface area (Å²) >= 11 is 0. The lowest BCUT2D eigenvalue weighted by atomic mass is 9.98. The van der Waals surface area contributed by atoms with Crippen LogP contribution < -0.4 is 0 Å². The summed E-state index contributed by atoms with van der Waals surface area (Å²) in [4.78, 5) is 22.1. The second kappa shape index (κ2) is 2.96. The molecule has 0 spiro atoms. The summed E-state index contributed by atoms with van der Waals surface area (Å²) < 4.78 is 24.7. The highest BCUT2D eigenvalue weighted by Gasteiger charge is 2.63. The molecule has 3 aliphatic heterocycles. The van der Waals surface area contributed by atoms with Crippen molar-refractivity contribution in [3.8, 4) is 0 Å². The van der Waals surface area contributed by atoms with Gasteiger partial charge in [0.25, 0.3) is 0 Å². The molecule has 2 saturated heterocycles. The SMILES string of the molecule is COC12C=CC(O1)C1OC(=O)OC(=O)OC12. The van der Waals surface area contributed by atoms with Gasteiger partial charge in [-0.15, -0.1) is 0 Å². The maximum absolute atomic E-state index is 11.1. The fraction of sp³-hybridized carbons (Fsp3) is 0.556. The number of carbonyl (C=O) groups is 2. The van der Waals surface area contributed by atoms with Gasteiger partial charge in [0.1, 0.15) is 6.10 Å². The van der Waals surface area contributed by atoms with E-state index in [2.05, 4.69) is 4.74 Å². The summed E-state index contributed by atoms with van der Waals surface area (Å²) in [5, 5.41) is 0. The molecule has 3 heterocycles. The van der Waals surface area contributed by atoms with E-state index in [1.807, 2.05) is 0 Å². The summed E-state index contributed by atoms with van der Waals surface area (Å²) in [6.45, 7) is 0. The van der Waals surface area contributed by atoms with Gasteiger partial charge in [0.15, 0.2) is 6.10 Å². The minimum Gasteiger partial charge on any atom is -0.423 e. The van der Waals surface area contributed by atoms with Crippen molar-refractivity contribution in [3.63, 3.8) is 0 Å². The fourth-order valence-corrected chi connectivity index (χ4v) is 2.10. The molecule has 0 radical (unpaired) electrons. The van der Waals surface area contributed by atoms with Gasteiger partial charge in [-0.25, -0.2) is 9.59 Å². The lowest BCUT2D eigenvalue weighted by molar-refractivity contribution is -0.198. The molecular weight excluding hydrogens is 220 g/mol.